The van der Waals surface area contributed by atoms with Crippen molar-refractivity contribution < 1.29 is 22.3 Å². The summed E-state index contributed by atoms with van der Waals surface area (Å²) < 4.78 is 48.9. The van der Waals surface area contributed by atoms with Crippen molar-refractivity contribution >= 4 is 36.1 Å². The third-order valence-electron chi connectivity index (χ3n) is 1.92. The molecule has 4 nitrogen and oxygen atoms in total. The molecule has 2 rings (SSSR count). The first kappa shape index (κ1) is 12.7. The third kappa shape index (κ3) is 2.29. The van der Waals surface area contributed by atoms with E-state index in [-0.39, 0.29) is 9.79 Å². The van der Waals surface area contributed by atoms with Crippen LogP contribution in [0.5, 0.6) is 0 Å². The summed E-state index contributed by atoms with van der Waals surface area (Å²) in [7, 11) is -0.0427. The molecule has 0 amide bonds. The fraction of sp³-hybridized carbons (Fsp3) is 0.143. The molecule has 1 aromatic carbocycles. The molecule has 1 aliphatic heterocycles. The minimum atomic E-state index is -4.69. The van der Waals surface area contributed by atoms with Crippen LogP contribution in [0.1, 0.15) is 5.56 Å². The van der Waals surface area contributed by atoms with Crippen molar-refractivity contribution in [3.63, 3.8) is 0 Å². The van der Waals surface area contributed by atoms with Crippen LogP contribution in [0.2, 0.25) is 0 Å². The minimum Gasteiger partial charge on any atom is -0.258 e. The second-order valence-electron chi connectivity index (χ2n) is 2.96. The summed E-state index contributed by atoms with van der Waals surface area (Å²) >= 11 is 0. The van der Waals surface area contributed by atoms with Gasteiger partial charge in [0, 0.05) is 15.9 Å². The molecule has 0 spiro atoms. The van der Waals surface area contributed by atoms with Crippen molar-refractivity contribution in [1.29, 1.82) is 0 Å². The van der Waals surface area contributed by atoms with Gasteiger partial charge in [-0.25, -0.2) is 4.21 Å². The van der Waals surface area contributed by atoms with E-state index < -0.39 is 32.2 Å². The number of nitrogens with zero attached hydrogens (tertiary/aromatic N) is 1. The molecule has 0 aliphatic carbocycles. The lowest BCUT2D eigenvalue weighted by atomic mass is 10.2. The highest BCUT2D eigenvalue weighted by Crippen LogP contribution is 2.53. The predicted molar refractivity (Wildman–Crippen MR) is 58.0 cm³/mol. The largest absolute Gasteiger partial charge is 0.416 e. The van der Waals surface area contributed by atoms with Gasteiger partial charge >= 0.3 is 6.18 Å². The molecule has 92 valence electrons. The second-order valence-corrected chi connectivity index (χ2v) is 7.63. The molecular weight excluding hydrogens is 299 g/mol. The number of benzene rings is 1. The SMILES string of the molecule is O=[N+]([O-])c1cc(C(F)(F)F)cc2c1SSS2=O. The highest BCUT2D eigenvalue weighted by molar-refractivity contribution is 9.06. The van der Waals surface area contributed by atoms with E-state index in [4.69, 9.17) is 0 Å². The third-order valence-corrected chi connectivity index (χ3v) is 6.85. The van der Waals surface area contributed by atoms with Gasteiger partial charge in [-0.1, -0.05) is 0 Å². The number of hydrogen-bond acceptors (Lipinski definition) is 5. The van der Waals surface area contributed by atoms with E-state index in [1.165, 1.54) is 0 Å². The van der Waals surface area contributed by atoms with Crippen molar-refractivity contribution in [3.8, 4) is 0 Å². The first-order valence-electron chi connectivity index (χ1n) is 3.97. The summed E-state index contributed by atoms with van der Waals surface area (Å²) in [4.78, 5) is 9.66. The van der Waals surface area contributed by atoms with E-state index in [9.17, 15) is 27.5 Å². The van der Waals surface area contributed by atoms with Crippen molar-refractivity contribution in [2.45, 2.75) is 16.0 Å². The molecule has 0 bridgehead atoms. The molecule has 0 fully saturated rings. The first-order valence-corrected chi connectivity index (χ1v) is 7.79. The average Bonchev–Trinajstić information content (AvgIpc) is 2.58. The molecule has 1 unspecified atom stereocenters. The fourth-order valence-corrected chi connectivity index (χ4v) is 6.26. The van der Waals surface area contributed by atoms with Crippen LogP contribution >= 0.6 is 20.6 Å². The van der Waals surface area contributed by atoms with Crippen LogP contribution in [0, 0.1) is 10.1 Å². The van der Waals surface area contributed by atoms with Crippen LogP contribution in [0.3, 0.4) is 0 Å². The van der Waals surface area contributed by atoms with Gasteiger partial charge < -0.3 is 0 Å². The Kier molecular flexibility index (Phi) is 3.12. The van der Waals surface area contributed by atoms with Crippen molar-refractivity contribution in [2.24, 2.45) is 0 Å². The molecule has 0 saturated carbocycles. The molecule has 0 saturated heterocycles. The quantitative estimate of drug-likeness (QED) is 0.452. The van der Waals surface area contributed by atoms with Crippen molar-refractivity contribution in [1.82, 2.24) is 0 Å². The zero-order valence-corrected chi connectivity index (χ0v) is 10.1. The molecule has 1 atom stereocenters. The lowest BCUT2D eigenvalue weighted by Gasteiger charge is -2.07. The normalized spacial score (nSPS) is 19.1. The van der Waals surface area contributed by atoms with Crippen LogP contribution < -0.4 is 0 Å². The van der Waals surface area contributed by atoms with E-state index in [1.54, 1.807) is 0 Å². The molecule has 0 N–H and O–H groups in total. The lowest BCUT2D eigenvalue weighted by molar-refractivity contribution is -0.388. The zero-order valence-electron chi connectivity index (χ0n) is 7.69. The van der Waals surface area contributed by atoms with Crippen LogP contribution in [-0.4, -0.2) is 9.13 Å². The molecule has 0 radical (unpaired) electrons. The summed E-state index contributed by atoms with van der Waals surface area (Å²) in [6.45, 7) is 0. The van der Waals surface area contributed by atoms with Gasteiger partial charge in [-0.3, -0.25) is 10.1 Å². The topological polar surface area (TPSA) is 60.2 Å². The van der Waals surface area contributed by atoms with E-state index in [2.05, 4.69) is 0 Å². The fourth-order valence-electron chi connectivity index (χ4n) is 1.20. The maximum Gasteiger partial charge on any atom is 0.416 e. The summed E-state index contributed by atoms with van der Waals surface area (Å²) in [6.07, 6.45) is -4.69. The average molecular weight is 301 g/mol. The standard InChI is InChI=1S/C7H2F3NO3S3/c8-7(9,10)3-1-4(11(12)13)6-5(2-3)17(14)16-15-6/h1-2H. The molecular formula is C7H2F3NO3S3. The van der Waals surface area contributed by atoms with Crippen LogP contribution in [0.15, 0.2) is 21.9 Å². The maximum absolute atomic E-state index is 12.5. The van der Waals surface area contributed by atoms with E-state index in [1.807, 2.05) is 0 Å². The van der Waals surface area contributed by atoms with Gasteiger partial charge in [0.1, 0.15) is 14.7 Å². The van der Waals surface area contributed by atoms with Crippen LogP contribution in [0.4, 0.5) is 18.9 Å². The number of rotatable bonds is 1. The highest BCUT2D eigenvalue weighted by atomic mass is 33.5. The Labute approximate surface area is 102 Å². The Hall–Kier alpha value is -0.740. The van der Waals surface area contributed by atoms with Crippen molar-refractivity contribution in [2.75, 3.05) is 0 Å². The highest BCUT2D eigenvalue weighted by Gasteiger charge is 2.38. The Bertz CT molecular complexity index is 531. The number of nitro groups is 1. The second kappa shape index (κ2) is 4.18. The summed E-state index contributed by atoms with van der Waals surface area (Å²) in [5, 5.41) is 10.7. The smallest absolute Gasteiger partial charge is 0.258 e. The number of hydrogen-bond donors (Lipinski definition) is 0. The summed E-state index contributed by atoms with van der Waals surface area (Å²) in [5.74, 6) is 0. The van der Waals surface area contributed by atoms with Gasteiger partial charge in [0.2, 0.25) is 0 Å². The monoisotopic (exact) mass is 301 g/mol. The molecule has 1 heterocycles. The van der Waals surface area contributed by atoms with Crippen molar-refractivity contribution in [3.05, 3.63) is 27.8 Å². The van der Waals surface area contributed by atoms with Gasteiger partial charge in [0.05, 0.1) is 15.4 Å². The number of alkyl halides is 3. The van der Waals surface area contributed by atoms with Gasteiger partial charge in [0.15, 0.2) is 0 Å². The Morgan fingerprint density at radius 2 is 2.00 bits per heavy atom. The zero-order chi connectivity index (χ0) is 12.8. The molecule has 1 aliphatic rings. The Morgan fingerprint density at radius 1 is 1.35 bits per heavy atom. The number of halogens is 3. The molecule has 10 heteroatoms. The van der Waals surface area contributed by atoms with Gasteiger partial charge in [-0.05, 0) is 16.9 Å². The van der Waals surface area contributed by atoms with Gasteiger partial charge in [-0.15, -0.1) is 0 Å². The van der Waals surface area contributed by atoms with E-state index in [0.29, 0.717) is 12.1 Å². The van der Waals surface area contributed by atoms with E-state index in [0.717, 1.165) is 20.6 Å². The molecule has 1 aromatic rings. The lowest BCUT2D eigenvalue weighted by Crippen LogP contribution is -2.07. The number of fused-ring (bicyclic) bond motifs is 1. The summed E-state index contributed by atoms with van der Waals surface area (Å²) in [6, 6.07) is 1.17. The van der Waals surface area contributed by atoms with Crippen LogP contribution in [0.25, 0.3) is 0 Å². The van der Waals surface area contributed by atoms with Gasteiger partial charge in [0.25, 0.3) is 5.69 Å². The van der Waals surface area contributed by atoms with Crippen LogP contribution in [-0.2, 0) is 16.0 Å². The van der Waals surface area contributed by atoms with E-state index >= 15 is 0 Å². The molecule has 0 aromatic heterocycles. The Balaban J connectivity index is 2.69. The maximum atomic E-state index is 12.5. The van der Waals surface area contributed by atoms with Gasteiger partial charge in [-0.2, -0.15) is 13.2 Å². The predicted octanol–water partition coefficient (Wildman–Crippen LogP) is 3.39. The first-order chi connectivity index (χ1) is 7.80. The minimum absolute atomic E-state index is 0.0336. The summed E-state index contributed by atoms with van der Waals surface area (Å²) in [5.41, 5.74) is -1.81. The Morgan fingerprint density at radius 3 is 2.53 bits per heavy atom. The molecule has 17 heavy (non-hydrogen) atoms. The number of nitro benzene ring substituents is 1.